The van der Waals surface area contributed by atoms with Crippen molar-refractivity contribution in [2.45, 2.75) is 25.3 Å². The van der Waals surface area contributed by atoms with Crippen molar-refractivity contribution in [3.63, 3.8) is 0 Å². The molecule has 1 aliphatic heterocycles. The van der Waals surface area contributed by atoms with Crippen LogP contribution in [-0.4, -0.2) is 20.9 Å². The maximum atomic E-state index is 14.8. The van der Waals surface area contributed by atoms with Crippen LogP contribution < -0.4 is 0 Å². The smallest absolute Gasteiger partial charge is 0.271 e. The molecule has 0 saturated carbocycles. The van der Waals surface area contributed by atoms with Gasteiger partial charge in [-0.2, -0.15) is 19.1 Å². The molecule has 0 N–H and O–H groups in total. The lowest BCUT2D eigenvalue weighted by Gasteiger charge is -2.37. The van der Waals surface area contributed by atoms with Crippen LogP contribution in [0.25, 0.3) is 5.52 Å². The van der Waals surface area contributed by atoms with Crippen molar-refractivity contribution in [2.24, 2.45) is 4.99 Å². The molecule has 0 radical (unpaired) electrons. The largest absolute Gasteiger partial charge is 0.300 e. The number of benzene rings is 1. The van der Waals surface area contributed by atoms with E-state index in [2.05, 4.69) is 10.1 Å². The predicted octanol–water partition coefficient (Wildman–Crippen LogP) is 4.07. The lowest BCUT2D eigenvalue weighted by molar-refractivity contribution is -0.0710. The monoisotopic (exact) mass is 354 g/mol. The number of nitrogens with zero attached hydrogens (tertiary/aromatic N) is 4. The van der Waals surface area contributed by atoms with Crippen molar-refractivity contribution in [3.8, 4) is 6.07 Å². The zero-order valence-corrected chi connectivity index (χ0v) is 14.0. The fourth-order valence-corrected chi connectivity index (χ4v) is 3.19. The number of nitriles is 1. The zero-order valence-electron chi connectivity index (χ0n) is 14.0. The number of alkyl halides is 2. The fourth-order valence-electron chi connectivity index (χ4n) is 3.19. The Balaban J connectivity index is 1.99. The van der Waals surface area contributed by atoms with Crippen molar-refractivity contribution in [1.29, 1.82) is 5.26 Å². The Morgan fingerprint density at radius 1 is 1.15 bits per heavy atom. The summed E-state index contributed by atoms with van der Waals surface area (Å²) in [5.41, 5.74) is -0.704. The first-order chi connectivity index (χ1) is 12.3. The number of hydrogen-bond donors (Lipinski definition) is 0. The molecule has 4 nitrogen and oxygen atoms in total. The molecule has 1 aromatic carbocycles. The molecule has 3 aromatic rings. The van der Waals surface area contributed by atoms with Crippen LogP contribution in [0.3, 0.4) is 0 Å². The lowest BCUT2D eigenvalue weighted by Crippen LogP contribution is -2.44. The van der Waals surface area contributed by atoms with Crippen LogP contribution in [-0.2, 0) is 5.92 Å². The third-order valence-corrected chi connectivity index (χ3v) is 4.63. The summed E-state index contributed by atoms with van der Waals surface area (Å²) in [6, 6.07) is 10.9. The van der Waals surface area contributed by atoms with E-state index >= 15 is 0 Å². The summed E-state index contributed by atoms with van der Waals surface area (Å²) >= 11 is 0. The average molecular weight is 354 g/mol. The first kappa shape index (κ1) is 16.3. The molecule has 0 unspecified atom stereocenters. The predicted molar refractivity (Wildman–Crippen MR) is 89.9 cm³/mol. The molecule has 130 valence electrons. The summed E-state index contributed by atoms with van der Waals surface area (Å²) in [7, 11) is 0. The van der Waals surface area contributed by atoms with E-state index in [9.17, 15) is 13.2 Å². The number of aromatic nitrogens is 2. The van der Waals surface area contributed by atoms with Crippen LogP contribution in [0.2, 0.25) is 0 Å². The van der Waals surface area contributed by atoms with Crippen molar-refractivity contribution in [1.82, 2.24) is 9.61 Å². The zero-order chi connectivity index (χ0) is 18.7. The van der Waals surface area contributed by atoms with E-state index in [0.29, 0.717) is 16.8 Å². The van der Waals surface area contributed by atoms with E-state index in [0.717, 1.165) is 6.07 Å². The lowest BCUT2D eigenvalue weighted by atomic mass is 9.81. The van der Waals surface area contributed by atoms with Crippen molar-refractivity contribution >= 4 is 11.2 Å². The highest BCUT2D eigenvalue weighted by atomic mass is 19.3. The third kappa shape index (κ3) is 2.08. The second kappa shape index (κ2) is 5.18. The van der Waals surface area contributed by atoms with Gasteiger partial charge in [0.15, 0.2) is 0 Å². The maximum absolute atomic E-state index is 14.8. The van der Waals surface area contributed by atoms with Gasteiger partial charge in [-0.05, 0) is 38.1 Å². The summed E-state index contributed by atoms with van der Waals surface area (Å²) in [6.45, 7) is 2.55. The first-order valence-electron chi connectivity index (χ1n) is 7.91. The normalized spacial score (nSPS) is 17.5. The maximum Gasteiger partial charge on any atom is 0.300 e. The van der Waals surface area contributed by atoms with Gasteiger partial charge < -0.3 is 0 Å². The molecule has 0 fully saturated rings. The average Bonchev–Trinajstić information content (AvgIpc) is 3.00. The molecule has 26 heavy (non-hydrogen) atoms. The van der Waals surface area contributed by atoms with Crippen LogP contribution >= 0.6 is 0 Å². The van der Waals surface area contributed by atoms with Gasteiger partial charge in [0.2, 0.25) is 0 Å². The number of halogens is 3. The van der Waals surface area contributed by atoms with Crippen LogP contribution in [0.1, 0.15) is 36.2 Å². The Hall–Kier alpha value is -3.14. The minimum absolute atomic E-state index is 0.0486. The van der Waals surface area contributed by atoms with Gasteiger partial charge in [0, 0.05) is 11.1 Å². The van der Waals surface area contributed by atoms with Gasteiger partial charge in [-0.1, -0.05) is 12.1 Å². The highest BCUT2D eigenvalue weighted by Crippen LogP contribution is 2.47. The Morgan fingerprint density at radius 2 is 1.92 bits per heavy atom. The quantitative estimate of drug-likeness (QED) is 0.662. The second-order valence-corrected chi connectivity index (χ2v) is 6.67. The van der Waals surface area contributed by atoms with Gasteiger partial charge in [-0.15, -0.1) is 0 Å². The van der Waals surface area contributed by atoms with Gasteiger partial charge in [0.05, 0.1) is 23.0 Å². The molecule has 4 rings (SSSR count). The van der Waals surface area contributed by atoms with E-state index in [4.69, 9.17) is 5.26 Å². The number of fused-ring (bicyclic) bond motifs is 2. The molecule has 7 heteroatoms. The molecular formula is C19H13F3N4. The van der Waals surface area contributed by atoms with Crippen LogP contribution in [0.15, 0.2) is 47.6 Å². The second-order valence-electron chi connectivity index (χ2n) is 6.67. The molecule has 3 heterocycles. The van der Waals surface area contributed by atoms with Gasteiger partial charge in [0.25, 0.3) is 0 Å². The minimum Gasteiger partial charge on any atom is -0.271 e. The van der Waals surface area contributed by atoms with E-state index in [1.54, 1.807) is 18.2 Å². The Bertz CT molecular complexity index is 1120. The summed E-state index contributed by atoms with van der Waals surface area (Å²) in [5.74, 6) is -4.41. The molecule has 0 saturated heterocycles. The van der Waals surface area contributed by atoms with Crippen molar-refractivity contribution < 1.29 is 13.2 Å². The van der Waals surface area contributed by atoms with E-state index < -0.39 is 22.8 Å². The Morgan fingerprint density at radius 3 is 2.65 bits per heavy atom. The van der Waals surface area contributed by atoms with Gasteiger partial charge in [0.1, 0.15) is 23.1 Å². The number of aliphatic imine (C=N–C) groups is 1. The summed E-state index contributed by atoms with van der Waals surface area (Å²) in [4.78, 5) is 4.24. The standard InChI is InChI=1S/C19H13F3N4/c1-18(2)19(21,22)16-14(4-3-5-15(16)20)17(25-18)11-8-12-6-7-13(9-23)26(12)24-10-11/h3-8,10H,1-2H3. The molecule has 1 aliphatic rings. The molecule has 0 spiro atoms. The SMILES string of the molecule is CC1(C)N=C(c2cnn3c(C#N)ccc3c2)c2cccc(F)c2C1(F)F. The summed E-state index contributed by atoms with van der Waals surface area (Å²) in [5, 5.41) is 13.3. The first-order valence-corrected chi connectivity index (χ1v) is 7.91. The highest BCUT2D eigenvalue weighted by molar-refractivity contribution is 6.15. The summed E-state index contributed by atoms with van der Waals surface area (Å²) < 4.78 is 45.4. The molecule has 0 aliphatic carbocycles. The minimum atomic E-state index is -3.45. The third-order valence-electron chi connectivity index (χ3n) is 4.63. The van der Waals surface area contributed by atoms with Crippen LogP contribution in [0.5, 0.6) is 0 Å². The van der Waals surface area contributed by atoms with Gasteiger partial charge in [-0.3, -0.25) is 4.99 Å². The van der Waals surface area contributed by atoms with Crippen molar-refractivity contribution in [3.05, 3.63) is 70.8 Å². The van der Waals surface area contributed by atoms with Gasteiger partial charge >= 0.3 is 5.92 Å². The van der Waals surface area contributed by atoms with Gasteiger partial charge in [-0.25, -0.2) is 8.91 Å². The van der Waals surface area contributed by atoms with E-state index in [1.807, 2.05) is 6.07 Å². The molecule has 2 aromatic heterocycles. The van der Waals surface area contributed by atoms with Crippen molar-refractivity contribution in [2.75, 3.05) is 0 Å². The topological polar surface area (TPSA) is 53.5 Å². The number of hydrogen-bond acceptors (Lipinski definition) is 3. The van der Waals surface area contributed by atoms with Crippen LogP contribution in [0.4, 0.5) is 13.2 Å². The van der Waals surface area contributed by atoms with Crippen LogP contribution in [0, 0.1) is 17.1 Å². The Labute approximate surface area is 147 Å². The summed E-state index contributed by atoms with van der Waals surface area (Å²) in [6.07, 6.45) is 1.45. The van der Waals surface area contributed by atoms with E-state index in [1.165, 1.54) is 36.7 Å². The van der Waals surface area contributed by atoms with E-state index in [-0.39, 0.29) is 11.3 Å². The highest BCUT2D eigenvalue weighted by Gasteiger charge is 2.54. The molecular weight excluding hydrogens is 341 g/mol. The Kier molecular flexibility index (Phi) is 3.25. The number of rotatable bonds is 1. The molecule has 0 amide bonds. The fraction of sp³-hybridized carbons (Fsp3) is 0.211. The molecule has 0 bridgehead atoms. The molecule has 0 atom stereocenters.